The van der Waals surface area contributed by atoms with Crippen molar-refractivity contribution in [3.8, 4) is 5.75 Å². The fourth-order valence-corrected chi connectivity index (χ4v) is 2.86. The highest BCUT2D eigenvalue weighted by atomic mass is 79.9. The highest BCUT2D eigenvalue weighted by Gasteiger charge is 2.31. The average molecular weight is 381 g/mol. The summed E-state index contributed by atoms with van der Waals surface area (Å²) >= 11 is 4.68. The highest BCUT2D eigenvalue weighted by molar-refractivity contribution is 9.10. The standard InChI is InChI=1S/C13H12BrF3N2OS/c1-2-12-19-7-9(21-12)6-18-8-3-4-11(10(14)5-8)20-13(15,16)17/h3-5,7,18H,2,6H2,1H3. The monoisotopic (exact) mass is 380 g/mol. The van der Waals surface area contributed by atoms with E-state index in [1.807, 2.05) is 6.92 Å². The number of rotatable bonds is 5. The van der Waals surface area contributed by atoms with Crippen LogP contribution in [0.15, 0.2) is 28.9 Å². The lowest BCUT2D eigenvalue weighted by Gasteiger charge is -2.12. The Kier molecular flexibility index (Phi) is 5.10. The minimum Gasteiger partial charge on any atom is -0.405 e. The molecule has 0 fully saturated rings. The molecule has 3 nitrogen and oxygen atoms in total. The summed E-state index contributed by atoms with van der Waals surface area (Å²) in [6.07, 6.45) is -2.01. The minimum absolute atomic E-state index is 0.239. The fourth-order valence-electron chi connectivity index (χ4n) is 1.60. The van der Waals surface area contributed by atoms with Crippen molar-refractivity contribution >= 4 is 33.0 Å². The van der Waals surface area contributed by atoms with Crippen molar-refractivity contribution in [3.63, 3.8) is 0 Å². The Labute approximate surface area is 132 Å². The van der Waals surface area contributed by atoms with E-state index in [1.165, 1.54) is 12.1 Å². The van der Waals surface area contributed by atoms with Gasteiger partial charge in [-0.15, -0.1) is 24.5 Å². The molecule has 0 aliphatic carbocycles. The Morgan fingerprint density at radius 1 is 1.38 bits per heavy atom. The summed E-state index contributed by atoms with van der Waals surface area (Å²) < 4.78 is 40.6. The van der Waals surface area contributed by atoms with Crippen LogP contribution in [0.25, 0.3) is 0 Å². The van der Waals surface area contributed by atoms with Crippen LogP contribution in [-0.2, 0) is 13.0 Å². The van der Waals surface area contributed by atoms with Crippen LogP contribution in [0.2, 0.25) is 0 Å². The third-order valence-corrected chi connectivity index (χ3v) is 4.29. The van der Waals surface area contributed by atoms with E-state index in [0.29, 0.717) is 12.2 Å². The Morgan fingerprint density at radius 2 is 2.14 bits per heavy atom. The van der Waals surface area contributed by atoms with Gasteiger partial charge in [0.1, 0.15) is 5.75 Å². The van der Waals surface area contributed by atoms with Crippen LogP contribution in [-0.4, -0.2) is 11.3 Å². The molecule has 0 bridgehead atoms. The van der Waals surface area contributed by atoms with Crippen LogP contribution in [0, 0.1) is 0 Å². The van der Waals surface area contributed by atoms with E-state index >= 15 is 0 Å². The quantitative estimate of drug-likeness (QED) is 0.794. The van der Waals surface area contributed by atoms with Crippen LogP contribution < -0.4 is 10.1 Å². The number of hydrogen-bond acceptors (Lipinski definition) is 4. The number of anilines is 1. The molecule has 0 aliphatic heterocycles. The maximum Gasteiger partial charge on any atom is 0.573 e. The summed E-state index contributed by atoms with van der Waals surface area (Å²) in [6.45, 7) is 2.61. The zero-order chi connectivity index (χ0) is 15.5. The Balaban J connectivity index is 1.99. The number of benzene rings is 1. The molecule has 0 saturated carbocycles. The molecule has 0 amide bonds. The lowest BCUT2D eigenvalue weighted by Crippen LogP contribution is -2.17. The van der Waals surface area contributed by atoms with E-state index in [4.69, 9.17) is 0 Å². The molecule has 114 valence electrons. The summed E-state index contributed by atoms with van der Waals surface area (Å²) in [5.74, 6) is -0.265. The predicted molar refractivity (Wildman–Crippen MR) is 79.6 cm³/mol. The lowest BCUT2D eigenvalue weighted by atomic mass is 10.3. The summed E-state index contributed by atoms with van der Waals surface area (Å²) in [7, 11) is 0. The lowest BCUT2D eigenvalue weighted by molar-refractivity contribution is -0.274. The first-order chi connectivity index (χ1) is 9.87. The molecule has 0 radical (unpaired) electrons. The number of halogens is 4. The number of alkyl halides is 3. The molecule has 2 rings (SSSR count). The molecular weight excluding hydrogens is 369 g/mol. The van der Waals surface area contributed by atoms with Gasteiger partial charge in [-0.3, -0.25) is 0 Å². The molecule has 0 aliphatic rings. The molecule has 1 aromatic carbocycles. The highest BCUT2D eigenvalue weighted by Crippen LogP contribution is 2.32. The van der Waals surface area contributed by atoms with Crippen LogP contribution in [0.3, 0.4) is 0 Å². The predicted octanol–water partition coefficient (Wildman–Crippen LogP) is 4.98. The van der Waals surface area contributed by atoms with Crippen molar-refractivity contribution in [1.29, 1.82) is 0 Å². The number of hydrogen-bond donors (Lipinski definition) is 1. The van der Waals surface area contributed by atoms with Gasteiger partial charge in [0.05, 0.1) is 16.0 Å². The SMILES string of the molecule is CCc1ncc(CNc2ccc(OC(F)(F)F)c(Br)c2)s1. The van der Waals surface area contributed by atoms with Gasteiger partial charge in [-0.05, 0) is 40.5 Å². The summed E-state index contributed by atoms with van der Waals surface area (Å²) in [4.78, 5) is 5.31. The van der Waals surface area contributed by atoms with E-state index in [-0.39, 0.29) is 10.2 Å². The van der Waals surface area contributed by atoms with Crippen LogP contribution in [0.5, 0.6) is 5.75 Å². The van der Waals surface area contributed by atoms with Crippen LogP contribution in [0.4, 0.5) is 18.9 Å². The van der Waals surface area contributed by atoms with Crippen LogP contribution in [0.1, 0.15) is 16.8 Å². The fraction of sp³-hybridized carbons (Fsp3) is 0.308. The molecule has 1 N–H and O–H groups in total. The summed E-state index contributed by atoms with van der Waals surface area (Å²) in [6, 6.07) is 4.35. The van der Waals surface area contributed by atoms with Gasteiger partial charge in [0.2, 0.25) is 0 Å². The van der Waals surface area contributed by atoms with E-state index in [2.05, 4.69) is 31.0 Å². The Hall–Kier alpha value is -1.28. The first-order valence-corrected chi connectivity index (χ1v) is 7.71. The second kappa shape index (κ2) is 6.65. The van der Waals surface area contributed by atoms with Crippen molar-refractivity contribution in [2.75, 3.05) is 5.32 Å². The number of nitrogens with one attached hydrogen (secondary N) is 1. The van der Waals surface area contributed by atoms with Crippen molar-refractivity contribution in [2.24, 2.45) is 0 Å². The number of aromatic nitrogens is 1. The Bertz CT molecular complexity index is 616. The molecule has 8 heteroatoms. The molecule has 21 heavy (non-hydrogen) atoms. The number of thiazole rings is 1. The maximum atomic E-state index is 12.2. The van der Waals surface area contributed by atoms with Gasteiger partial charge in [0, 0.05) is 16.8 Å². The van der Waals surface area contributed by atoms with E-state index < -0.39 is 6.36 Å². The largest absolute Gasteiger partial charge is 0.573 e. The zero-order valence-corrected chi connectivity index (χ0v) is 13.4. The van der Waals surface area contributed by atoms with Gasteiger partial charge in [-0.25, -0.2) is 4.98 Å². The van der Waals surface area contributed by atoms with Gasteiger partial charge >= 0.3 is 6.36 Å². The minimum atomic E-state index is -4.70. The van der Waals surface area contributed by atoms with Crippen molar-refractivity contribution < 1.29 is 17.9 Å². The van der Waals surface area contributed by atoms with E-state index in [0.717, 1.165) is 16.3 Å². The maximum absolute atomic E-state index is 12.2. The van der Waals surface area contributed by atoms with Gasteiger partial charge in [-0.1, -0.05) is 6.92 Å². The second-order valence-corrected chi connectivity index (χ2v) is 6.17. The molecule has 0 atom stereocenters. The molecular formula is C13H12BrF3N2OS. The van der Waals surface area contributed by atoms with Crippen molar-refractivity contribution in [1.82, 2.24) is 4.98 Å². The van der Waals surface area contributed by atoms with Gasteiger partial charge in [0.15, 0.2) is 0 Å². The van der Waals surface area contributed by atoms with Gasteiger partial charge < -0.3 is 10.1 Å². The van der Waals surface area contributed by atoms with Crippen LogP contribution >= 0.6 is 27.3 Å². The molecule has 2 aromatic rings. The normalized spacial score (nSPS) is 11.5. The third kappa shape index (κ3) is 4.89. The number of nitrogens with zero attached hydrogens (tertiary/aromatic N) is 1. The topological polar surface area (TPSA) is 34.2 Å². The first kappa shape index (κ1) is 16.1. The molecule has 0 unspecified atom stereocenters. The number of aryl methyl sites for hydroxylation is 1. The molecule has 0 spiro atoms. The molecule has 1 aromatic heterocycles. The smallest absolute Gasteiger partial charge is 0.405 e. The van der Waals surface area contributed by atoms with Gasteiger partial charge in [0.25, 0.3) is 0 Å². The first-order valence-electron chi connectivity index (χ1n) is 6.10. The third-order valence-electron chi connectivity index (χ3n) is 2.53. The molecule has 1 heterocycles. The van der Waals surface area contributed by atoms with E-state index in [9.17, 15) is 13.2 Å². The molecule has 0 saturated heterocycles. The summed E-state index contributed by atoms with van der Waals surface area (Å²) in [5, 5.41) is 4.19. The van der Waals surface area contributed by atoms with Crippen molar-refractivity contribution in [3.05, 3.63) is 38.8 Å². The Morgan fingerprint density at radius 3 is 2.71 bits per heavy atom. The second-order valence-electron chi connectivity index (χ2n) is 4.12. The number of ether oxygens (including phenoxy) is 1. The summed E-state index contributed by atoms with van der Waals surface area (Å²) in [5.41, 5.74) is 0.697. The zero-order valence-electron chi connectivity index (χ0n) is 11.0. The van der Waals surface area contributed by atoms with Crippen molar-refractivity contribution in [2.45, 2.75) is 26.3 Å². The average Bonchev–Trinajstić information content (AvgIpc) is 2.86. The van der Waals surface area contributed by atoms with E-state index in [1.54, 1.807) is 23.6 Å². The van der Waals surface area contributed by atoms with Gasteiger partial charge in [-0.2, -0.15) is 0 Å².